The highest BCUT2D eigenvalue weighted by molar-refractivity contribution is 5.22. The fourth-order valence-electron chi connectivity index (χ4n) is 1.57. The maximum Gasteiger partial charge on any atom is 0.0349 e. The third-order valence-corrected chi connectivity index (χ3v) is 2.95. The Morgan fingerprint density at radius 2 is 1.83 bits per heavy atom. The van der Waals surface area contributed by atoms with Crippen molar-refractivity contribution in [2.75, 3.05) is 0 Å². The summed E-state index contributed by atoms with van der Waals surface area (Å²) in [6.45, 7) is 2.27. The summed E-state index contributed by atoms with van der Waals surface area (Å²) in [7, 11) is 0. The maximum atomic E-state index is 6.13. The normalized spacial score (nSPS) is 21.8. The predicted molar refractivity (Wildman–Crippen MR) is 50.7 cm³/mol. The van der Waals surface area contributed by atoms with Gasteiger partial charge in [0.05, 0.1) is 0 Å². The average molecular weight is 161 g/mol. The van der Waals surface area contributed by atoms with Gasteiger partial charge in [-0.3, -0.25) is 0 Å². The lowest BCUT2D eigenvalue weighted by Gasteiger charge is -2.18. The Kier molecular flexibility index (Phi) is 1.69. The second-order valence-electron chi connectivity index (χ2n) is 4.04. The fourth-order valence-corrected chi connectivity index (χ4v) is 1.57. The van der Waals surface area contributed by atoms with Crippen molar-refractivity contribution < 1.29 is 0 Å². The van der Waals surface area contributed by atoms with Crippen LogP contribution in [0, 0.1) is 5.41 Å². The first-order valence-electron chi connectivity index (χ1n) is 4.53. The van der Waals surface area contributed by atoms with Gasteiger partial charge in [0, 0.05) is 6.04 Å². The lowest BCUT2D eigenvalue weighted by Crippen LogP contribution is -2.19. The Bertz CT molecular complexity index is 262. The lowest BCUT2D eigenvalue weighted by molar-refractivity contribution is 0.451. The second-order valence-corrected chi connectivity index (χ2v) is 4.04. The Morgan fingerprint density at radius 1 is 1.25 bits per heavy atom. The van der Waals surface area contributed by atoms with Crippen LogP contribution in [0.3, 0.4) is 0 Å². The van der Waals surface area contributed by atoms with Crippen LogP contribution in [0.25, 0.3) is 0 Å². The van der Waals surface area contributed by atoms with Crippen LogP contribution in [-0.4, -0.2) is 0 Å². The number of hydrogen-bond donors (Lipinski definition) is 1. The Balaban J connectivity index is 2.20. The molecule has 0 heterocycles. The average Bonchev–Trinajstić information content (AvgIpc) is 2.85. The van der Waals surface area contributed by atoms with Gasteiger partial charge in [-0.15, -0.1) is 0 Å². The van der Waals surface area contributed by atoms with Crippen molar-refractivity contribution in [3.63, 3.8) is 0 Å². The van der Waals surface area contributed by atoms with Crippen LogP contribution in [0.4, 0.5) is 0 Å². The third kappa shape index (κ3) is 1.25. The summed E-state index contributed by atoms with van der Waals surface area (Å²) >= 11 is 0. The van der Waals surface area contributed by atoms with E-state index in [1.165, 1.54) is 18.4 Å². The predicted octanol–water partition coefficient (Wildman–Crippen LogP) is 2.49. The van der Waals surface area contributed by atoms with E-state index in [0.717, 1.165) is 0 Å². The van der Waals surface area contributed by atoms with Crippen LogP contribution >= 0.6 is 0 Å². The number of benzene rings is 1. The molecule has 1 aromatic carbocycles. The zero-order valence-corrected chi connectivity index (χ0v) is 7.46. The van der Waals surface area contributed by atoms with Crippen LogP contribution in [0.1, 0.15) is 31.4 Å². The molecule has 1 aromatic rings. The SMILES string of the molecule is CC1(C(N)c2ccccc2)CC1. The quantitative estimate of drug-likeness (QED) is 0.708. The number of rotatable bonds is 2. The van der Waals surface area contributed by atoms with E-state index in [4.69, 9.17) is 5.73 Å². The summed E-state index contributed by atoms with van der Waals surface area (Å²) in [4.78, 5) is 0. The number of nitrogens with two attached hydrogens (primary N) is 1. The molecule has 64 valence electrons. The molecule has 0 aromatic heterocycles. The van der Waals surface area contributed by atoms with Gasteiger partial charge in [0.2, 0.25) is 0 Å². The van der Waals surface area contributed by atoms with Crippen LogP contribution in [0.2, 0.25) is 0 Å². The molecule has 1 heteroatoms. The zero-order valence-electron chi connectivity index (χ0n) is 7.46. The molecule has 1 atom stereocenters. The van der Waals surface area contributed by atoms with Crippen molar-refractivity contribution >= 4 is 0 Å². The minimum atomic E-state index is 0.235. The standard InChI is InChI=1S/C11H15N/c1-11(7-8-11)10(12)9-5-3-2-4-6-9/h2-6,10H,7-8,12H2,1H3. The first-order valence-corrected chi connectivity index (χ1v) is 4.53. The molecule has 0 saturated heterocycles. The fraction of sp³-hybridized carbons (Fsp3) is 0.455. The Morgan fingerprint density at radius 3 is 2.33 bits per heavy atom. The maximum absolute atomic E-state index is 6.13. The van der Waals surface area contributed by atoms with Crippen LogP contribution < -0.4 is 5.73 Å². The molecule has 1 saturated carbocycles. The van der Waals surface area contributed by atoms with Gasteiger partial charge in [0.15, 0.2) is 0 Å². The van der Waals surface area contributed by atoms with Crippen LogP contribution in [-0.2, 0) is 0 Å². The van der Waals surface area contributed by atoms with E-state index in [9.17, 15) is 0 Å². The molecule has 0 bridgehead atoms. The molecule has 1 nitrogen and oxygen atoms in total. The summed E-state index contributed by atoms with van der Waals surface area (Å²) in [6.07, 6.45) is 2.56. The molecule has 0 radical (unpaired) electrons. The zero-order chi connectivity index (χ0) is 8.60. The van der Waals surface area contributed by atoms with Crippen molar-refractivity contribution in [2.45, 2.75) is 25.8 Å². The van der Waals surface area contributed by atoms with Gasteiger partial charge in [-0.2, -0.15) is 0 Å². The summed E-state index contributed by atoms with van der Waals surface area (Å²) < 4.78 is 0. The minimum absolute atomic E-state index is 0.235. The molecule has 1 aliphatic rings. The molecule has 1 aliphatic carbocycles. The molecule has 1 fully saturated rings. The molecule has 2 rings (SSSR count). The van der Waals surface area contributed by atoms with E-state index in [1.54, 1.807) is 0 Å². The van der Waals surface area contributed by atoms with E-state index in [-0.39, 0.29) is 6.04 Å². The highest BCUT2D eigenvalue weighted by Crippen LogP contribution is 2.53. The van der Waals surface area contributed by atoms with Crippen LogP contribution in [0.15, 0.2) is 30.3 Å². The smallest absolute Gasteiger partial charge is 0.0349 e. The van der Waals surface area contributed by atoms with Crippen molar-refractivity contribution in [3.05, 3.63) is 35.9 Å². The van der Waals surface area contributed by atoms with Gasteiger partial charge >= 0.3 is 0 Å². The monoisotopic (exact) mass is 161 g/mol. The van der Waals surface area contributed by atoms with E-state index < -0.39 is 0 Å². The molecule has 0 spiro atoms. The molecular formula is C11H15N. The Hall–Kier alpha value is -0.820. The van der Waals surface area contributed by atoms with Gasteiger partial charge in [-0.05, 0) is 23.8 Å². The van der Waals surface area contributed by atoms with Crippen LogP contribution in [0.5, 0.6) is 0 Å². The summed E-state index contributed by atoms with van der Waals surface area (Å²) in [5, 5.41) is 0. The highest BCUT2D eigenvalue weighted by atomic mass is 14.7. The largest absolute Gasteiger partial charge is 0.323 e. The van der Waals surface area contributed by atoms with Gasteiger partial charge in [-0.1, -0.05) is 37.3 Å². The van der Waals surface area contributed by atoms with Gasteiger partial charge < -0.3 is 5.73 Å². The minimum Gasteiger partial charge on any atom is -0.323 e. The molecule has 1 unspecified atom stereocenters. The van der Waals surface area contributed by atoms with E-state index in [0.29, 0.717) is 5.41 Å². The van der Waals surface area contributed by atoms with E-state index in [1.807, 2.05) is 6.07 Å². The van der Waals surface area contributed by atoms with E-state index in [2.05, 4.69) is 31.2 Å². The molecule has 0 amide bonds. The molecular weight excluding hydrogens is 146 g/mol. The first kappa shape index (κ1) is 7.81. The third-order valence-electron chi connectivity index (χ3n) is 2.95. The second kappa shape index (κ2) is 2.60. The summed E-state index contributed by atoms with van der Waals surface area (Å²) in [6, 6.07) is 10.6. The van der Waals surface area contributed by atoms with Gasteiger partial charge in [-0.25, -0.2) is 0 Å². The van der Waals surface area contributed by atoms with E-state index >= 15 is 0 Å². The Labute approximate surface area is 73.6 Å². The highest BCUT2D eigenvalue weighted by Gasteiger charge is 2.43. The molecule has 12 heavy (non-hydrogen) atoms. The molecule has 0 aliphatic heterocycles. The van der Waals surface area contributed by atoms with Crippen molar-refractivity contribution in [2.24, 2.45) is 11.1 Å². The summed E-state index contributed by atoms with van der Waals surface area (Å²) in [5.74, 6) is 0. The van der Waals surface area contributed by atoms with Gasteiger partial charge in [0.1, 0.15) is 0 Å². The first-order chi connectivity index (χ1) is 5.72. The van der Waals surface area contributed by atoms with Crippen molar-refractivity contribution in [1.82, 2.24) is 0 Å². The van der Waals surface area contributed by atoms with Gasteiger partial charge in [0.25, 0.3) is 0 Å². The topological polar surface area (TPSA) is 26.0 Å². The van der Waals surface area contributed by atoms with Crippen molar-refractivity contribution in [1.29, 1.82) is 0 Å². The van der Waals surface area contributed by atoms with Crippen molar-refractivity contribution in [3.8, 4) is 0 Å². The summed E-state index contributed by atoms with van der Waals surface area (Å²) in [5.41, 5.74) is 7.80. The number of hydrogen-bond acceptors (Lipinski definition) is 1. The molecule has 2 N–H and O–H groups in total. The lowest BCUT2D eigenvalue weighted by atomic mass is 9.93.